The third kappa shape index (κ3) is 1.54. The number of nitrogens with one attached hydrogen (secondary N) is 1. The van der Waals surface area contributed by atoms with Crippen LogP contribution in [0.5, 0.6) is 0 Å². The first kappa shape index (κ1) is 8.56. The smallest absolute Gasteiger partial charge is 0.141 e. The van der Waals surface area contributed by atoms with Gasteiger partial charge in [-0.15, -0.1) is 0 Å². The van der Waals surface area contributed by atoms with Gasteiger partial charge in [0.15, 0.2) is 0 Å². The first-order valence-corrected chi connectivity index (χ1v) is 4.85. The number of nitrogens with two attached hydrogens (primary N) is 1. The Morgan fingerprint density at radius 3 is 3.23 bits per heavy atom. The minimum absolute atomic E-state index is 0.555. The van der Waals surface area contributed by atoms with Crippen LogP contribution in [0.2, 0.25) is 0 Å². The second-order valence-corrected chi connectivity index (χ2v) is 3.49. The summed E-state index contributed by atoms with van der Waals surface area (Å²) in [6.45, 7) is 4.26. The van der Waals surface area contributed by atoms with E-state index in [9.17, 15) is 0 Å². The van der Waals surface area contributed by atoms with Crippen LogP contribution in [-0.4, -0.2) is 22.6 Å². The molecule has 1 fully saturated rings. The van der Waals surface area contributed by atoms with Gasteiger partial charge in [0.05, 0.1) is 0 Å². The number of hydrogen-bond acceptors (Lipinski definition) is 3. The molecular formula is C9H16N4. The summed E-state index contributed by atoms with van der Waals surface area (Å²) in [5, 5.41) is 3.34. The van der Waals surface area contributed by atoms with E-state index in [-0.39, 0.29) is 0 Å². The van der Waals surface area contributed by atoms with Gasteiger partial charge in [0, 0.05) is 25.2 Å². The molecule has 1 atom stereocenters. The number of nitrogen functional groups attached to an aromatic ring is 1. The number of nitrogens with zero attached hydrogens (tertiary/aromatic N) is 2. The quantitative estimate of drug-likeness (QED) is 0.699. The van der Waals surface area contributed by atoms with Gasteiger partial charge in [-0.05, 0) is 13.0 Å². The van der Waals surface area contributed by atoms with Crippen molar-refractivity contribution in [2.45, 2.75) is 25.8 Å². The summed E-state index contributed by atoms with van der Waals surface area (Å²) in [5.74, 6) is 1.75. The van der Waals surface area contributed by atoms with Crippen LogP contribution in [0.3, 0.4) is 0 Å². The van der Waals surface area contributed by atoms with Crippen molar-refractivity contribution in [2.75, 3.05) is 18.8 Å². The van der Waals surface area contributed by atoms with E-state index in [4.69, 9.17) is 5.73 Å². The Hall–Kier alpha value is -1.03. The first-order valence-electron chi connectivity index (χ1n) is 4.85. The molecule has 2 heterocycles. The Balaban J connectivity index is 2.26. The maximum absolute atomic E-state index is 5.67. The van der Waals surface area contributed by atoms with E-state index in [1.807, 2.05) is 6.20 Å². The highest BCUT2D eigenvalue weighted by atomic mass is 15.2. The molecule has 0 aromatic carbocycles. The molecule has 4 heteroatoms. The lowest BCUT2D eigenvalue weighted by molar-refractivity contribution is 0.525. The van der Waals surface area contributed by atoms with Crippen molar-refractivity contribution in [1.82, 2.24) is 14.9 Å². The average molecular weight is 180 g/mol. The molecule has 3 N–H and O–H groups in total. The van der Waals surface area contributed by atoms with E-state index < -0.39 is 0 Å². The van der Waals surface area contributed by atoms with Crippen LogP contribution < -0.4 is 11.1 Å². The van der Waals surface area contributed by atoms with Gasteiger partial charge in [0.1, 0.15) is 11.6 Å². The highest BCUT2D eigenvalue weighted by Crippen LogP contribution is 2.19. The molecule has 1 aliphatic rings. The van der Waals surface area contributed by atoms with Gasteiger partial charge in [-0.25, -0.2) is 4.98 Å². The topological polar surface area (TPSA) is 55.9 Å². The summed E-state index contributed by atoms with van der Waals surface area (Å²) in [6.07, 6.45) is 4.09. The summed E-state index contributed by atoms with van der Waals surface area (Å²) in [6, 6.07) is 0.555. The molecular weight excluding hydrogens is 164 g/mol. The predicted octanol–water partition coefficient (Wildman–Crippen LogP) is 0.562. The molecule has 0 spiro atoms. The fourth-order valence-corrected chi connectivity index (χ4v) is 1.91. The molecule has 2 rings (SSSR count). The number of imidazole rings is 1. The van der Waals surface area contributed by atoms with Gasteiger partial charge < -0.3 is 15.6 Å². The molecule has 0 bridgehead atoms. The largest absolute Gasteiger partial charge is 0.382 e. The maximum atomic E-state index is 5.67. The molecule has 0 saturated carbocycles. The van der Waals surface area contributed by atoms with Gasteiger partial charge in [-0.1, -0.05) is 6.92 Å². The Labute approximate surface area is 78.1 Å². The van der Waals surface area contributed by atoms with E-state index in [1.54, 1.807) is 0 Å². The van der Waals surface area contributed by atoms with E-state index in [2.05, 4.69) is 21.8 Å². The summed E-state index contributed by atoms with van der Waals surface area (Å²) in [4.78, 5) is 4.29. The lowest BCUT2D eigenvalue weighted by Gasteiger charge is -2.12. The summed E-state index contributed by atoms with van der Waals surface area (Å²) >= 11 is 0. The number of aromatic nitrogens is 2. The van der Waals surface area contributed by atoms with Crippen molar-refractivity contribution in [3.8, 4) is 0 Å². The molecule has 0 aliphatic carbocycles. The van der Waals surface area contributed by atoms with Crippen LogP contribution in [0.4, 0.5) is 5.82 Å². The Morgan fingerprint density at radius 2 is 2.62 bits per heavy atom. The fourth-order valence-electron chi connectivity index (χ4n) is 1.91. The number of hydrogen-bond donors (Lipinski definition) is 2. The molecule has 13 heavy (non-hydrogen) atoms. The van der Waals surface area contributed by atoms with E-state index in [0.29, 0.717) is 11.9 Å². The maximum Gasteiger partial charge on any atom is 0.141 e. The van der Waals surface area contributed by atoms with Crippen molar-refractivity contribution in [3.63, 3.8) is 0 Å². The SMILES string of the molecule is CCc1nc(N)cn1C1CCNC1. The summed E-state index contributed by atoms with van der Waals surface area (Å²) in [7, 11) is 0. The van der Waals surface area contributed by atoms with Crippen molar-refractivity contribution >= 4 is 5.82 Å². The van der Waals surface area contributed by atoms with Crippen molar-refractivity contribution in [1.29, 1.82) is 0 Å². The second kappa shape index (κ2) is 3.38. The summed E-state index contributed by atoms with van der Waals surface area (Å²) < 4.78 is 2.22. The molecule has 0 amide bonds. The Kier molecular flexibility index (Phi) is 2.22. The van der Waals surface area contributed by atoms with E-state index in [1.165, 1.54) is 6.42 Å². The van der Waals surface area contributed by atoms with Crippen molar-refractivity contribution in [3.05, 3.63) is 12.0 Å². The molecule has 1 unspecified atom stereocenters. The molecule has 1 aromatic rings. The Morgan fingerprint density at radius 1 is 1.77 bits per heavy atom. The van der Waals surface area contributed by atoms with Crippen LogP contribution in [0, 0.1) is 0 Å². The van der Waals surface area contributed by atoms with Crippen LogP contribution >= 0.6 is 0 Å². The molecule has 4 nitrogen and oxygen atoms in total. The zero-order valence-corrected chi connectivity index (χ0v) is 7.95. The molecule has 1 aromatic heterocycles. The van der Waals surface area contributed by atoms with E-state index >= 15 is 0 Å². The first-order chi connectivity index (χ1) is 6.31. The van der Waals surface area contributed by atoms with Crippen molar-refractivity contribution in [2.24, 2.45) is 0 Å². The number of anilines is 1. The minimum atomic E-state index is 0.555. The molecule has 72 valence electrons. The summed E-state index contributed by atoms with van der Waals surface area (Å²) in [5.41, 5.74) is 5.67. The van der Waals surface area contributed by atoms with Gasteiger partial charge in [-0.3, -0.25) is 0 Å². The highest BCUT2D eigenvalue weighted by Gasteiger charge is 2.18. The van der Waals surface area contributed by atoms with Crippen molar-refractivity contribution < 1.29 is 0 Å². The highest BCUT2D eigenvalue weighted by molar-refractivity contribution is 5.26. The second-order valence-electron chi connectivity index (χ2n) is 3.49. The number of rotatable bonds is 2. The number of aryl methyl sites for hydroxylation is 1. The monoisotopic (exact) mass is 180 g/mol. The third-order valence-electron chi connectivity index (χ3n) is 2.57. The lowest BCUT2D eigenvalue weighted by Crippen LogP contribution is -2.14. The average Bonchev–Trinajstić information content (AvgIpc) is 2.71. The van der Waals surface area contributed by atoms with Crippen LogP contribution in [-0.2, 0) is 6.42 Å². The molecule has 1 saturated heterocycles. The van der Waals surface area contributed by atoms with Gasteiger partial charge in [-0.2, -0.15) is 0 Å². The third-order valence-corrected chi connectivity index (χ3v) is 2.57. The zero-order chi connectivity index (χ0) is 9.26. The van der Waals surface area contributed by atoms with Crippen LogP contribution in [0.1, 0.15) is 25.2 Å². The normalized spacial score (nSPS) is 22.4. The lowest BCUT2D eigenvalue weighted by atomic mass is 10.2. The van der Waals surface area contributed by atoms with Gasteiger partial charge in [0.25, 0.3) is 0 Å². The standard InChI is InChI=1S/C9H16N4/c1-2-9-12-8(10)6-13(9)7-3-4-11-5-7/h6-7,11H,2-5,10H2,1H3. The predicted molar refractivity (Wildman–Crippen MR) is 52.5 cm³/mol. The van der Waals surface area contributed by atoms with E-state index in [0.717, 1.165) is 25.3 Å². The molecule has 1 aliphatic heterocycles. The van der Waals surface area contributed by atoms with Gasteiger partial charge in [0.2, 0.25) is 0 Å². The fraction of sp³-hybridized carbons (Fsp3) is 0.667. The van der Waals surface area contributed by atoms with Crippen LogP contribution in [0.15, 0.2) is 6.20 Å². The zero-order valence-electron chi connectivity index (χ0n) is 7.95. The minimum Gasteiger partial charge on any atom is -0.382 e. The molecule has 0 radical (unpaired) electrons. The Bertz CT molecular complexity index is 286. The van der Waals surface area contributed by atoms with Crippen LogP contribution in [0.25, 0.3) is 0 Å². The van der Waals surface area contributed by atoms with Gasteiger partial charge >= 0.3 is 0 Å².